The molecule has 0 aromatic rings. The Hall–Kier alpha value is 0.770. The van der Waals surface area contributed by atoms with E-state index < -0.39 is 0 Å². The van der Waals surface area contributed by atoms with E-state index in [0.717, 1.165) is 19.0 Å². The van der Waals surface area contributed by atoms with Gasteiger partial charge in [0.15, 0.2) is 0 Å². The first-order chi connectivity index (χ1) is 5.45. The van der Waals surface area contributed by atoms with E-state index in [9.17, 15) is 0 Å². The number of hydrogen-bond acceptors (Lipinski definition) is 2. The highest BCUT2D eigenvalue weighted by atomic mass is 33.1. The van der Waals surface area contributed by atoms with Gasteiger partial charge in [-0.25, -0.2) is 0 Å². The Labute approximate surface area is 92.4 Å². The zero-order valence-corrected chi connectivity index (χ0v) is 11.0. The van der Waals surface area contributed by atoms with Crippen molar-refractivity contribution in [3.63, 3.8) is 0 Å². The van der Waals surface area contributed by atoms with Gasteiger partial charge in [-0.2, -0.15) is 0 Å². The zero-order valence-electron chi connectivity index (χ0n) is 7.61. The van der Waals surface area contributed by atoms with Crippen LogP contribution in [-0.4, -0.2) is 46.6 Å². The Morgan fingerprint density at radius 2 is 1.75 bits per heavy atom. The average molecular weight is 242 g/mol. The molecular formula is C6H14N2S4. The molecular weight excluding hydrogens is 228 g/mol. The van der Waals surface area contributed by atoms with Gasteiger partial charge in [0, 0.05) is 14.1 Å². The fourth-order valence-corrected chi connectivity index (χ4v) is 2.89. The zero-order chi connectivity index (χ0) is 9.72. The molecule has 0 amide bonds. The van der Waals surface area contributed by atoms with Crippen molar-refractivity contribution in [1.82, 2.24) is 9.80 Å². The van der Waals surface area contributed by atoms with Crippen LogP contribution in [0, 0.1) is 0 Å². The fraction of sp³-hybridized carbons (Fsp3) is 0.667. The molecule has 0 aliphatic carbocycles. The predicted molar refractivity (Wildman–Crippen MR) is 70.5 cm³/mol. The van der Waals surface area contributed by atoms with Gasteiger partial charge in [-0.3, -0.25) is 4.90 Å². The molecule has 0 aromatic carbocycles. The van der Waals surface area contributed by atoms with E-state index in [1.54, 1.807) is 10.8 Å². The van der Waals surface area contributed by atoms with Crippen molar-refractivity contribution >= 4 is 54.7 Å². The molecule has 72 valence electrons. The molecule has 0 saturated heterocycles. The number of nitrogens with zero attached hydrogens (tertiary/aromatic N) is 2. The maximum Gasteiger partial charge on any atom is 0.145 e. The van der Waals surface area contributed by atoms with Gasteiger partial charge >= 0.3 is 0 Å². The SMILES string of the molecule is CN(C)C(=S)S[SH]=C(S)N(C)C. The van der Waals surface area contributed by atoms with Crippen LogP contribution in [-0.2, 0) is 0 Å². The summed E-state index contributed by atoms with van der Waals surface area (Å²) in [6, 6.07) is 0. The monoisotopic (exact) mass is 242 g/mol. The van der Waals surface area contributed by atoms with Crippen LogP contribution in [0.4, 0.5) is 0 Å². The molecule has 0 N–H and O–H groups in total. The normalized spacial score (nSPS) is 12.7. The molecule has 0 heterocycles. The van der Waals surface area contributed by atoms with Crippen LogP contribution >= 0.6 is 46.0 Å². The number of thiocarbonyl (C=S) groups is 1. The highest BCUT2D eigenvalue weighted by Gasteiger charge is 1.98. The van der Waals surface area contributed by atoms with Crippen molar-refractivity contribution < 1.29 is 0 Å². The van der Waals surface area contributed by atoms with E-state index >= 15 is 0 Å². The Balaban J connectivity index is 3.96. The average Bonchev–Trinajstić information content (AvgIpc) is 1.98. The van der Waals surface area contributed by atoms with Gasteiger partial charge in [-0.15, -0.1) is 23.0 Å². The van der Waals surface area contributed by atoms with Crippen LogP contribution in [0.15, 0.2) is 0 Å². The Kier molecular flexibility index (Phi) is 6.66. The van der Waals surface area contributed by atoms with Crippen LogP contribution in [0.25, 0.3) is 0 Å². The molecule has 0 aliphatic rings. The molecule has 2 nitrogen and oxygen atoms in total. The van der Waals surface area contributed by atoms with Crippen molar-refractivity contribution in [2.45, 2.75) is 0 Å². The molecule has 0 fully saturated rings. The summed E-state index contributed by atoms with van der Waals surface area (Å²) in [5.41, 5.74) is 0. The summed E-state index contributed by atoms with van der Waals surface area (Å²) in [4.78, 5) is 3.89. The fourth-order valence-electron chi connectivity index (χ4n) is 0.243. The van der Waals surface area contributed by atoms with Gasteiger partial charge in [0.2, 0.25) is 0 Å². The van der Waals surface area contributed by atoms with E-state index in [4.69, 9.17) is 12.2 Å². The number of hydrogen-bond donors (Lipinski definition) is 2. The minimum atomic E-state index is 0.880. The van der Waals surface area contributed by atoms with Crippen LogP contribution in [0.5, 0.6) is 0 Å². The summed E-state index contributed by atoms with van der Waals surface area (Å²) in [6.45, 7) is 0. The third-order valence-corrected chi connectivity index (χ3v) is 5.55. The minimum Gasteiger partial charge on any atom is -0.363 e. The van der Waals surface area contributed by atoms with Crippen LogP contribution in [0.2, 0.25) is 0 Å². The van der Waals surface area contributed by atoms with Crippen LogP contribution < -0.4 is 0 Å². The van der Waals surface area contributed by atoms with Crippen LogP contribution in [0.3, 0.4) is 0 Å². The van der Waals surface area contributed by atoms with Crippen LogP contribution in [0.1, 0.15) is 0 Å². The van der Waals surface area contributed by atoms with Gasteiger partial charge in [-0.1, -0.05) is 12.2 Å². The molecule has 0 aromatic heterocycles. The summed E-state index contributed by atoms with van der Waals surface area (Å²) >= 11 is 9.40. The Morgan fingerprint density at radius 1 is 1.25 bits per heavy atom. The lowest BCUT2D eigenvalue weighted by atomic mass is 11.0. The molecule has 0 radical (unpaired) electrons. The molecule has 0 rings (SSSR count). The molecule has 0 saturated carbocycles. The summed E-state index contributed by atoms with van der Waals surface area (Å²) in [7, 11) is 10.5. The highest BCUT2D eigenvalue weighted by Crippen LogP contribution is 2.19. The summed E-state index contributed by atoms with van der Waals surface area (Å²) < 4.78 is 1.88. The lowest BCUT2D eigenvalue weighted by Gasteiger charge is -2.12. The van der Waals surface area contributed by atoms with Crippen molar-refractivity contribution in [3.8, 4) is 0 Å². The second kappa shape index (κ2) is 6.26. The van der Waals surface area contributed by atoms with Crippen molar-refractivity contribution in [2.24, 2.45) is 0 Å². The second-order valence-electron chi connectivity index (χ2n) is 2.54. The quantitative estimate of drug-likeness (QED) is 0.409. The van der Waals surface area contributed by atoms with E-state index in [0.29, 0.717) is 0 Å². The van der Waals surface area contributed by atoms with Gasteiger partial charge < -0.3 is 4.90 Å². The van der Waals surface area contributed by atoms with Gasteiger partial charge in [0.25, 0.3) is 0 Å². The molecule has 0 atom stereocenters. The van der Waals surface area contributed by atoms with Crippen molar-refractivity contribution in [1.29, 1.82) is 0 Å². The molecule has 0 spiro atoms. The summed E-state index contributed by atoms with van der Waals surface area (Å²) in [5.74, 6) is 0. The smallest absolute Gasteiger partial charge is 0.145 e. The predicted octanol–water partition coefficient (Wildman–Crippen LogP) is 1.53. The molecule has 0 aliphatic heterocycles. The maximum absolute atomic E-state index is 5.10. The van der Waals surface area contributed by atoms with E-state index in [1.165, 1.54) is 0 Å². The number of rotatable bonds is 1. The lowest BCUT2D eigenvalue weighted by Crippen LogP contribution is -2.16. The molecule has 12 heavy (non-hydrogen) atoms. The topological polar surface area (TPSA) is 6.48 Å². The summed E-state index contributed by atoms with van der Waals surface area (Å²) in [5, 5.41) is 0. The molecule has 6 heteroatoms. The van der Waals surface area contributed by atoms with Gasteiger partial charge in [0.05, 0.1) is 4.32 Å². The minimum absolute atomic E-state index is 0.880. The first-order valence-corrected chi connectivity index (χ1v) is 6.45. The Morgan fingerprint density at radius 3 is 2.08 bits per heavy atom. The third-order valence-electron chi connectivity index (χ3n) is 0.971. The maximum atomic E-state index is 5.10. The van der Waals surface area contributed by atoms with E-state index in [1.807, 2.05) is 38.0 Å². The standard InChI is InChI=1S/C6H14N2S4/c1-7(2)5(9)11-12-6(10)8(3)4/h9,11H,1-4H3. The first kappa shape index (κ1) is 12.8. The molecule has 0 bridgehead atoms. The highest BCUT2D eigenvalue weighted by molar-refractivity contribution is 8.83. The molecule has 0 unspecified atom stereocenters. The number of thiol groups is 2. The van der Waals surface area contributed by atoms with Crippen molar-refractivity contribution in [3.05, 3.63) is 0 Å². The Bertz CT molecular complexity index is 188. The van der Waals surface area contributed by atoms with Gasteiger partial charge in [-0.05, 0) is 24.9 Å². The second-order valence-corrected chi connectivity index (χ2v) is 6.23. The first-order valence-electron chi connectivity index (χ1n) is 3.27. The van der Waals surface area contributed by atoms with Gasteiger partial charge in [0.1, 0.15) is 4.32 Å². The summed E-state index contributed by atoms with van der Waals surface area (Å²) in [6.07, 6.45) is 0. The largest absolute Gasteiger partial charge is 0.363 e. The van der Waals surface area contributed by atoms with E-state index in [2.05, 4.69) is 12.6 Å². The lowest BCUT2D eigenvalue weighted by molar-refractivity contribution is 0.648. The van der Waals surface area contributed by atoms with E-state index in [-0.39, 0.29) is 0 Å². The third kappa shape index (κ3) is 5.42. The van der Waals surface area contributed by atoms with Crippen molar-refractivity contribution in [2.75, 3.05) is 28.2 Å².